The molecule has 1 rings (SSSR count). The van der Waals surface area contributed by atoms with Crippen molar-refractivity contribution in [3.8, 4) is 0 Å². The van der Waals surface area contributed by atoms with E-state index >= 15 is 0 Å². The second-order valence-electron chi connectivity index (χ2n) is 3.46. The van der Waals surface area contributed by atoms with Crippen LogP contribution in [0.25, 0.3) is 0 Å². The summed E-state index contributed by atoms with van der Waals surface area (Å²) in [5, 5.41) is 9.46. The number of nitrogens with zero attached hydrogens (tertiary/aromatic N) is 1. The second-order valence-corrected chi connectivity index (χ2v) is 3.46. The second kappa shape index (κ2) is 3.90. The van der Waals surface area contributed by atoms with Gasteiger partial charge in [0.05, 0.1) is 12.0 Å². The molecule has 70 valence electrons. The molecule has 0 bridgehead atoms. The fourth-order valence-electron chi connectivity index (χ4n) is 1.67. The molecule has 0 saturated heterocycles. The van der Waals surface area contributed by atoms with Crippen LogP contribution in [0, 0.1) is 5.92 Å². The maximum atomic E-state index is 11.6. The third kappa shape index (κ3) is 1.78. The van der Waals surface area contributed by atoms with Crippen LogP contribution in [0.15, 0.2) is 0 Å². The summed E-state index contributed by atoms with van der Waals surface area (Å²) in [5.41, 5.74) is 0. The third-order valence-corrected chi connectivity index (χ3v) is 2.65. The van der Waals surface area contributed by atoms with Crippen molar-refractivity contribution in [2.45, 2.75) is 32.3 Å². The number of hydrogen-bond acceptors (Lipinski definition) is 2. The normalized spacial score (nSPS) is 28.9. The molecule has 1 fully saturated rings. The van der Waals surface area contributed by atoms with Gasteiger partial charge in [0, 0.05) is 13.6 Å². The molecule has 0 aromatic heterocycles. The number of carbonyl (C=O) groups is 1. The van der Waals surface area contributed by atoms with Gasteiger partial charge in [-0.3, -0.25) is 4.79 Å². The summed E-state index contributed by atoms with van der Waals surface area (Å²) in [6, 6.07) is 0. The van der Waals surface area contributed by atoms with E-state index in [2.05, 4.69) is 0 Å². The fraction of sp³-hybridized carbons (Fsp3) is 0.889. The molecule has 1 saturated carbocycles. The predicted molar refractivity (Wildman–Crippen MR) is 46.7 cm³/mol. The monoisotopic (exact) mass is 171 g/mol. The van der Waals surface area contributed by atoms with Crippen molar-refractivity contribution in [2.75, 3.05) is 13.6 Å². The van der Waals surface area contributed by atoms with E-state index < -0.39 is 6.10 Å². The van der Waals surface area contributed by atoms with Crippen molar-refractivity contribution >= 4 is 5.91 Å². The lowest BCUT2D eigenvalue weighted by molar-refractivity contribution is -0.136. The zero-order valence-electron chi connectivity index (χ0n) is 7.79. The first kappa shape index (κ1) is 9.52. The van der Waals surface area contributed by atoms with Crippen LogP contribution in [0.3, 0.4) is 0 Å². The molecule has 0 spiro atoms. The van der Waals surface area contributed by atoms with Gasteiger partial charge in [0.15, 0.2) is 0 Å². The van der Waals surface area contributed by atoms with E-state index in [1.54, 1.807) is 11.9 Å². The standard InChI is InChI=1S/C9H17NO2/c1-3-10(2)9(12)7-5-4-6-8(7)11/h7-8,11H,3-6H2,1-2H3. The van der Waals surface area contributed by atoms with E-state index in [-0.39, 0.29) is 11.8 Å². The Morgan fingerprint density at radius 3 is 2.67 bits per heavy atom. The highest BCUT2D eigenvalue weighted by atomic mass is 16.3. The smallest absolute Gasteiger partial charge is 0.228 e. The average Bonchev–Trinajstić information content (AvgIpc) is 2.48. The Morgan fingerprint density at radius 1 is 1.58 bits per heavy atom. The average molecular weight is 171 g/mol. The molecule has 1 aliphatic carbocycles. The van der Waals surface area contributed by atoms with Gasteiger partial charge < -0.3 is 10.0 Å². The number of carbonyl (C=O) groups excluding carboxylic acids is 1. The van der Waals surface area contributed by atoms with Gasteiger partial charge in [-0.2, -0.15) is 0 Å². The van der Waals surface area contributed by atoms with Crippen LogP contribution in [-0.2, 0) is 4.79 Å². The highest BCUT2D eigenvalue weighted by Gasteiger charge is 2.32. The Labute approximate surface area is 73.4 Å². The number of hydrogen-bond donors (Lipinski definition) is 1. The van der Waals surface area contributed by atoms with Crippen molar-refractivity contribution in [1.82, 2.24) is 4.90 Å². The lowest BCUT2D eigenvalue weighted by Crippen LogP contribution is -2.36. The lowest BCUT2D eigenvalue weighted by Gasteiger charge is -2.21. The van der Waals surface area contributed by atoms with Crippen molar-refractivity contribution in [1.29, 1.82) is 0 Å². The minimum Gasteiger partial charge on any atom is -0.392 e. The summed E-state index contributed by atoms with van der Waals surface area (Å²) < 4.78 is 0. The highest BCUT2D eigenvalue weighted by molar-refractivity contribution is 5.79. The number of rotatable bonds is 2. The molecule has 2 atom stereocenters. The van der Waals surface area contributed by atoms with Crippen molar-refractivity contribution in [3.63, 3.8) is 0 Å². The van der Waals surface area contributed by atoms with Gasteiger partial charge >= 0.3 is 0 Å². The van der Waals surface area contributed by atoms with E-state index in [4.69, 9.17) is 0 Å². The van der Waals surface area contributed by atoms with Gasteiger partial charge in [-0.15, -0.1) is 0 Å². The van der Waals surface area contributed by atoms with Crippen LogP contribution in [-0.4, -0.2) is 35.6 Å². The molecule has 0 aromatic carbocycles. The van der Waals surface area contributed by atoms with E-state index in [9.17, 15) is 9.90 Å². The predicted octanol–water partition coefficient (Wildman–Crippen LogP) is 0.626. The van der Waals surface area contributed by atoms with E-state index in [1.165, 1.54) is 0 Å². The van der Waals surface area contributed by atoms with Gasteiger partial charge in [0.25, 0.3) is 0 Å². The molecule has 1 aliphatic rings. The van der Waals surface area contributed by atoms with Crippen LogP contribution in [0.4, 0.5) is 0 Å². The lowest BCUT2D eigenvalue weighted by atomic mass is 10.0. The van der Waals surface area contributed by atoms with Crippen LogP contribution in [0.2, 0.25) is 0 Å². The first-order valence-electron chi connectivity index (χ1n) is 4.59. The molecule has 0 aliphatic heterocycles. The van der Waals surface area contributed by atoms with Gasteiger partial charge in [0.2, 0.25) is 5.91 Å². The van der Waals surface area contributed by atoms with E-state index in [0.717, 1.165) is 25.8 Å². The molecule has 0 heterocycles. The quantitative estimate of drug-likeness (QED) is 0.662. The zero-order valence-corrected chi connectivity index (χ0v) is 7.79. The maximum absolute atomic E-state index is 11.6. The minimum atomic E-state index is -0.397. The van der Waals surface area contributed by atoms with Gasteiger partial charge in [0.1, 0.15) is 0 Å². The molecule has 2 unspecified atom stereocenters. The summed E-state index contributed by atoms with van der Waals surface area (Å²) in [7, 11) is 1.79. The third-order valence-electron chi connectivity index (χ3n) is 2.65. The zero-order chi connectivity index (χ0) is 9.14. The summed E-state index contributed by atoms with van der Waals surface area (Å²) in [5.74, 6) is -0.0301. The first-order valence-corrected chi connectivity index (χ1v) is 4.59. The van der Waals surface area contributed by atoms with Crippen molar-refractivity contribution in [3.05, 3.63) is 0 Å². The largest absolute Gasteiger partial charge is 0.392 e. The van der Waals surface area contributed by atoms with Crippen LogP contribution in [0.1, 0.15) is 26.2 Å². The Hall–Kier alpha value is -0.570. The van der Waals surface area contributed by atoms with Crippen molar-refractivity contribution in [2.24, 2.45) is 5.92 Å². The van der Waals surface area contributed by atoms with Crippen LogP contribution < -0.4 is 0 Å². The Balaban J connectivity index is 2.51. The molecule has 1 amide bonds. The Morgan fingerprint density at radius 2 is 2.25 bits per heavy atom. The molecular formula is C9H17NO2. The fourth-order valence-corrected chi connectivity index (χ4v) is 1.67. The molecule has 3 nitrogen and oxygen atoms in total. The topological polar surface area (TPSA) is 40.5 Å². The molecule has 12 heavy (non-hydrogen) atoms. The Bertz CT molecular complexity index is 170. The molecule has 0 aromatic rings. The van der Waals surface area contributed by atoms with Crippen molar-refractivity contribution < 1.29 is 9.90 Å². The molecular weight excluding hydrogens is 154 g/mol. The molecule has 3 heteroatoms. The molecule has 0 radical (unpaired) electrons. The molecule has 1 N–H and O–H groups in total. The minimum absolute atomic E-state index is 0.0995. The van der Waals surface area contributed by atoms with Gasteiger partial charge in [-0.05, 0) is 26.2 Å². The summed E-state index contributed by atoms with van der Waals surface area (Å²) in [4.78, 5) is 13.2. The van der Waals surface area contributed by atoms with Gasteiger partial charge in [-0.1, -0.05) is 0 Å². The summed E-state index contributed by atoms with van der Waals surface area (Å²) in [6.45, 7) is 2.67. The highest BCUT2D eigenvalue weighted by Crippen LogP contribution is 2.26. The number of aliphatic hydroxyl groups is 1. The maximum Gasteiger partial charge on any atom is 0.228 e. The number of amides is 1. The van der Waals surface area contributed by atoms with Gasteiger partial charge in [-0.25, -0.2) is 0 Å². The summed E-state index contributed by atoms with van der Waals surface area (Å²) in [6.07, 6.45) is 2.22. The first-order chi connectivity index (χ1) is 5.66. The summed E-state index contributed by atoms with van der Waals surface area (Å²) >= 11 is 0. The SMILES string of the molecule is CCN(C)C(=O)C1CCCC1O. The van der Waals surface area contributed by atoms with E-state index in [0.29, 0.717) is 0 Å². The number of aliphatic hydroxyl groups excluding tert-OH is 1. The Kier molecular flexibility index (Phi) is 3.09. The van der Waals surface area contributed by atoms with E-state index in [1.807, 2.05) is 6.92 Å². The van der Waals surface area contributed by atoms with Crippen LogP contribution in [0.5, 0.6) is 0 Å². The van der Waals surface area contributed by atoms with Crippen LogP contribution >= 0.6 is 0 Å².